The van der Waals surface area contributed by atoms with Crippen molar-refractivity contribution in [1.82, 2.24) is 24.8 Å². The Morgan fingerprint density at radius 3 is 2.62 bits per heavy atom. The van der Waals surface area contributed by atoms with Crippen LogP contribution in [-0.2, 0) is 16.1 Å². The molecule has 1 aromatic carbocycles. The van der Waals surface area contributed by atoms with E-state index in [0.717, 1.165) is 41.9 Å². The van der Waals surface area contributed by atoms with Crippen molar-refractivity contribution in [3.05, 3.63) is 64.7 Å². The molecule has 0 aliphatic carbocycles. The fraction of sp³-hybridized carbons (Fsp3) is 0.345. The zero-order chi connectivity index (χ0) is 27.7. The van der Waals surface area contributed by atoms with E-state index in [1.54, 1.807) is 23.0 Å². The molecule has 9 nitrogen and oxygen atoms in total. The molecule has 2 N–H and O–H groups in total. The van der Waals surface area contributed by atoms with Gasteiger partial charge in [0.2, 0.25) is 5.95 Å². The van der Waals surface area contributed by atoms with Crippen molar-refractivity contribution in [1.29, 1.82) is 0 Å². The van der Waals surface area contributed by atoms with Crippen molar-refractivity contribution in [2.75, 3.05) is 18.4 Å². The van der Waals surface area contributed by atoms with E-state index < -0.39 is 9.52 Å². The summed E-state index contributed by atoms with van der Waals surface area (Å²) in [5.74, 6) is 5.13. The molecule has 0 bridgehead atoms. The third kappa shape index (κ3) is 5.39. The van der Waals surface area contributed by atoms with Gasteiger partial charge in [0.1, 0.15) is 17.5 Å². The van der Waals surface area contributed by atoms with Crippen LogP contribution in [-0.4, -0.2) is 54.0 Å². The quantitative estimate of drug-likeness (QED) is 0.317. The molecule has 4 aromatic rings. The highest BCUT2D eigenvalue weighted by Gasteiger charge is 2.19. The maximum absolute atomic E-state index is 13.6. The summed E-state index contributed by atoms with van der Waals surface area (Å²) in [6.45, 7) is 9.80. The normalized spacial score (nSPS) is 16.9. The first-order valence-electron chi connectivity index (χ1n) is 13.2. The maximum Gasteiger partial charge on any atom is 0.261 e. The molecule has 39 heavy (non-hydrogen) atoms. The van der Waals surface area contributed by atoms with Gasteiger partial charge in [-0.2, -0.15) is 4.98 Å². The number of nitrogens with one attached hydrogen (secondary N) is 2. The first-order valence-corrected chi connectivity index (χ1v) is 14.9. The molecule has 3 aromatic heterocycles. The summed E-state index contributed by atoms with van der Waals surface area (Å²) in [4.78, 5) is 27.9. The van der Waals surface area contributed by atoms with E-state index in [1.165, 1.54) is 0 Å². The van der Waals surface area contributed by atoms with Crippen LogP contribution < -0.4 is 20.9 Å². The lowest BCUT2D eigenvalue weighted by molar-refractivity contribution is 0.223. The molecule has 2 atom stereocenters. The van der Waals surface area contributed by atoms with Crippen molar-refractivity contribution in [2.24, 2.45) is 0 Å². The summed E-state index contributed by atoms with van der Waals surface area (Å²) in [5.41, 5.74) is 2.92. The van der Waals surface area contributed by atoms with Gasteiger partial charge in [-0.3, -0.25) is 18.6 Å². The summed E-state index contributed by atoms with van der Waals surface area (Å²) in [6.07, 6.45) is 4.48. The summed E-state index contributed by atoms with van der Waals surface area (Å²) >= 11 is 0. The largest absolute Gasteiger partial charge is 0.489 e. The minimum Gasteiger partial charge on any atom is -0.489 e. The van der Waals surface area contributed by atoms with E-state index in [2.05, 4.69) is 31.5 Å². The van der Waals surface area contributed by atoms with Crippen LogP contribution >= 0.6 is 0 Å². The van der Waals surface area contributed by atoms with E-state index >= 15 is 0 Å². The van der Waals surface area contributed by atoms with Crippen molar-refractivity contribution in [3.8, 4) is 17.0 Å². The third-order valence-electron chi connectivity index (χ3n) is 7.04. The average Bonchev–Trinajstić information content (AvgIpc) is 3.43. The minimum atomic E-state index is -2.48. The van der Waals surface area contributed by atoms with Gasteiger partial charge in [0.25, 0.3) is 5.56 Å². The first kappa shape index (κ1) is 26.8. The summed E-state index contributed by atoms with van der Waals surface area (Å²) in [6, 6.07) is 11.3. The van der Waals surface area contributed by atoms with Crippen LogP contribution in [0.2, 0.25) is 0 Å². The van der Waals surface area contributed by atoms with Crippen molar-refractivity contribution in [3.63, 3.8) is 0 Å². The Kier molecular flexibility index (Phi) is 7.42. The smallest absolute Gasteiger partial charge is 0.261 e. The fourth-order valence-electron chi connectivity index (χ4n) is 4.64. The molecular formula is C29H34N6O3S. The minimum absolute atomic E-state index is 0.122. The number of hydrogen-bond acceptors (Lipinski definition) is 8. The lowest BCUT2D eigenvalue weighted by Crippen LogP contribution is -2.23. The van der Waals surface area contributed by atoms with Gasteiger partial charge < -0.3 is 15.4 Å². The van der Waals surface area contributed by atoms with Gasteiger partial charge in [-0.1, -0.05) is 13.8 Å². The van der Waals surface area contributed by atoms with Gasteiger partial charge >= 0.3 is 0 Å². The molecule has 1 aliphatic heterocycles. The second-order valence-electron chi connectivity index (χ2n) is 10.1. The van der Waals surface area contributed by atoms with Crippen LogP contribution in [0.5, 0.6) is 5.75 Å². The van der Waals surface area contributed by atoms with Crippen LogP contribution in [0.3, 0.4) is 0 Å². The molecule has 1 saturated heterocycles. The van der Waals surface area contributed by atoms with Gasteiger partial charge in [-0.25, -0.2) is 4.98 Å². The Hall–Kier alpha value is -3.76. The number of hydrogen-bond donors (Lipinski definition) is 2. The molecule has 2 unspecified atom stereocenters. The van der Waals surface area contributed by atoms with Crippen LogP contribution in [0.4, 0.5) is 11.6 Å². The van der Waals surface area contributed by atoms with Crippen molar-refractivity contribution in [2.45, 2.75) is 56.9 Å². The fourth-order valence-corrected chi connectivity index (χ4v) is 5.79. The number of pyridine rings is 2. The number of fused-ring (bicyclic) bond motifs is 1. The Morgan fingerprint density at radius 1 is 1.21 bits per heavy atom. The Balaban J connectivity index is 1.45. The lowest BCUT2D eigenvalue weighted by atomic mass is 10.1. The number of aryl methyl sites for hydroxylation is 2. The number of ether oxygens (including phenoxy) is 1. The zero-order valence-corrected chi connectivity index (χ0v) is 23.5. The van der Waals surface area contributed by atoms with Crippen LogP contribution in [0.15, 0.2) is 58.5 Å². The van der Waals surface area contributed by atoms with E-state index in [-0.39, 0.29) is 16.9 Å². The Bertz CT molecular complexity index is 1670. The zero-order valence-electron chi connectivity index (χ0n) is 22.7. The van der Waals surface area contributed by atoms with Gasteiger partial charge in [0.15, 0.2) is 0 Å². The molecule has 0 amide bonds. The number of benzene rings is 1. The standard InChI is InChI=1S/C29H34N6O3S/c1-6-35-27-20(14-25(28(35)36)26-19(4)13-24(17-31-26)39(5,37)18(2)3)15-32-29(34-27)33-21-7-9-22(10-8-21)38-23-11-12-30-16-23/h7-10,13-15,17-18,23,30H,5-6,11-12,16H2,1-4H3,(H,32,33,34). The number of aromatic nitrogens is 4. The molecule has 0 spiro atoms. The molecule has 1 fully saturated rings. The van der Waals surface area contributed by atoms with Crippen LogP contribution in [0.1, 0.15) is 32.8 Å². The molecular weight excluding hydrogens is 512 g/mol. The predicted octanol–water partition coefficient (Wildman–Crippen LogP) is 4.15. The highest BCUT2D eigenvalue weighted by Crippen LogP contribution is 2.26. The molecule has 0 radical (unpaired) electrons. The van der Waals surface area contributed by atoms with E-state index in [0.29, 0.717) is 34.3 Å². The van der Waals surface area contributed by atoms with Crippen molar-refractivity contribution >= 4 is 38.1 Å². The average molecular weight is 547 g/mol. The highest BCUT2D eigenvalue weighted by atomic mass is 32.2. The van der Waals surface area contributed by atoms with E-state index in [1.807, 2.05) is 58.0 Å². The predicted molar refractivity (Wildman–Crippen MR) is 158 cm³/mol. The number of anilines is 2. The second-order valence-corrected chi connectivity index (χ2v) is 12.9. The van der Waals surface area contributed by atoms with Gasteiger partial charge in [0, 0.05) is 46.7 Å². The Morgan fingerprint density at radius 2 is 1.97 bits per heavy atom. The van der Waals surface area contributed by atoms with Gasteiger partial charge in [-0.15, -0.1) is 0 Å². The summed E-state index contributed by atoms with van der Waals surface area (Å²) in [5, 5.41) is 7.12. The van der Waals surface area contributed by atoms with Crippen molar-refractivity contribution < 1.29 is 8.95 Å². The van der Waals surface area contributed by atoms with Gasteiger partial charge in [0.05, 0.1) is 11.3 Å². The van der Waals surface area contributed by atoms with E-state index in [9.17, 15) is 9.00 Å². The Labute approximate surface area is 228 Å². The van der Waals surface area contributed by atoms with Crippen LogP contribution in [0, 0.1) is 6.92 Å². The third-order valence-corrected chi connectivity index (χ3v) is 9.58. The molecule has 10 heteroatoms. The molecule has 1 aliphatic rings. The monoisotopic (exact) mass is 546 g/mol. The summed E-state index contributed by atoms with van der Waals surface area (Å²) < 4.78 is 20.6. The SMILES string of the molecule is C=S(=O)(c1cnc(-c2cc3cnc(Nc4ccc(OC5CCNC5)cc4)nc3n(CC)c2=O)c(C)c1)C(C)C. The van der Waals surface area contributed by atoms with Crippen LogP contribution in [0.25, 0.3) is 22.3 Å². The highest BCUT2D eigenvalue weighted by molar-refractivity contribution is 8.00. The molecule has 0 saturated carbocycles. The molecule has 5 rings (SSSR count). The lowest BCUT2D eigenvalue weighted by Gasteiger charge is -2.16. The first-order chi connectivity index (χ1) is 18.7. The molecule has 204 valence electrons. The number of nitrogens with zero attached hydrogens (tertiary/aromatic N) is 4. The maximum atomic E-state index is 13.6. The summed E-state index contributed by atoms with van der Waals surface area (Å²) in [7, 11) is -2.48. The second kappa shape index (κ2) is 10.8. The van der Waals surface area contributed by atoms with Gasteiger partial charge in [-0.05, 0) is 84.2 Å². The number of rotatable bonds is 8. The van der Waals surface area contributed by atoms with E-state index in [4.69, 9.17) is 4.74 Å². The topological polar surface area (TPSA) is 111 Å². The molecule has 4 heterocycles.